The standard InChI is InChI=1S/C25H25N7O2/c1-5-32-15(3)16(11-27-32)13-31(4)25(34)19-9-23(29-21-7-6-17(33)8-18(19)21)24-10-22-20(12-26-30-22)14(2)28-24/h6-12,33H,5,13H2,1-4H3,(H,26,30). The number of hydrogen-bond donors (Lipinski definition) is 2. The van der Waals surface area contributed by atoms with Gasteiger partial charge in [-0.2, -0.15) is 10.2 Å². The van der Waals surface area contributed by atoms with Crippen LogP contribution in [-0.2, 0) is 13.1 Å². The molecule has 1 amide bonds. The molecule has 5 aromatic rings. The number of hydrogen-bond acceptors (Lipinski definition) is 6. The summed E-state index contributed by atoms with van der Waals surface area (Å²) in [6, 6.07) is 8.47. The molecule has 9 heteroatoms. The van der Waals surface area contributed by atoms with Gasteiger partial charge in [-0.25, -0.2) is 4.98 Å². The molecule has 5 rings (SSSR count). The smallest absolute Gasteiger partial charge is 0.254 e. The fourth-order valence-electron chi connectivity index (χ4n) is 4.25. The molecule has 0 saturated carbocycles. The molecule has 9 nitrogen and oxygen atoms in total. The minimum absolute atomic E-state index is 0.0756. The molecule has 0 bridgehead atoms. The van der Waals surface area contributed by atoms with E-state index in [0.717, 1.165) is 34.4 Å². The van der Waals surface area contributed by atoms with Crippen LogP contribution in [0.4, 0.5) is 0 Å². The number of benzene rings is 1. The Balaban J connectivity index is 1.60. The molecular formula is C25H25N7O2. The first-order valence-corrected chi connectivity index (χ1v) is 11.1. The number of fused-ring (bicyclic) bond motifs is 2. The van der Waals surface area contributed by atoms with Crippen LogP contribution in [0.15, 0.2) is 42.7 Å². The van der Waals surface area contributed by atoms with Crippen LogP contribution in [-0.4, -0.2) is 52.9 Å². The van der Waals surface area contributed by atoms with Gasteiger partial charge >= 0.3 is 0 Å². The summed E-state index contributed by atoms with van der Waals surface area (Å²) in [6.07, 6.45) is 3.54. The Morgan fingerprint density at radius 3 is 2.65 bits per heavy atom. The van der Waals surface area contributed by atoms with Gasteiger partial charge in [-0.1, -0.05) is 0 Å². The number of carbonyl (C=O) groups is 1. The highest BCUT2D eigenvalue weighted by Gasteiger charge is 2.20. The Morgan fingerprint density at radius 2 is 1.88 bits per heavy atom. The third-order valence-electron chi connectivity index (χ3n) is 6.17. The van der Waals surface area contributed by atoms with E-state index in [4.69, 9.17) is 9.97 Å². The van der Waals surface area contributed by atoms with Crippen LogP contribution in [0.25, 0.3) is 33.2 Å². The van der Waals surface area contributed by atoms with Crippen molar-refractivity contribution in [2.45, 2.75) is 33.9 Å². The number of rotatable bonds is 5. The Hall–Kier alpha value is -4.27. The average molecular weight is 456 g/mol. The van der Waals surface area contributed by atoms with E-state index in [9.17, 15) is 9.90 Å². The van der Waals surface area contributed by atoms with Crippen LogP contribution in [0.3, 0.4) is 0 Å². The second kappa shape index (κ2) is 8.26. The van der Waals surface area contributed by atoms with E-state index in [1.165, 1.54) is 0 Å². The number of aromatic nitrogens is 6. The summed E-state index contributed by atoms with van der Waals surface area (Å²) in [5, 5.41) is 23.1. The molecule has 4 heterocycles. The maximum atomic E-state index is 13.6. The molecule has 1 aromatic carbocycles. The van der Waals surface area contributed by atoms with Gasteiger partial charge in [-0.3, -0.25) is 19.6 Å². The van der Waals surface area contributed by atoms with Gasteiger partial charge in [0.2, 0.25) is 0 Å². The van der Waals surface area contributed by atoms with Crippen molar-refractivity contribution >= 4 is 27.7 Å². The van der Waals surface area contributed by atoms with Gasteiger partial charge in [0.15, 0.2) is 0 Å². The van der Waals surface area contributed by atoms with Crippen molar-refractivity contribution in [1.82, 2.24) is 34.8 Å². The Labute approximate surface area is 196 Å². The molecule has 34 heavy (non-hydrogen) atoms. The maximum absolute atomic E-state index is 13.6. The monoisotopic (exact) mass is 455 g/mol. The summed E-state index contributed by atoms with van der Waals surface area (Å²) in [4.78, 5) is 24.7. The average Bonchev–Trinajstić information content (AvgIpc) is 3.44. The minimum Gasteiger partial charge on any atom is -0.508 e. The molecule has 0 unspecified atom stereocenters. The highest BCUT2D eigenvalue weighted by Crippen LogP contribution is 2.29. The zero-order valence-corrected chi connectivity index (χ0v) is 19.5. The van der Waals surface area contributed by atoms with Crippen molar-refractivity contribution in [3.8, 4) is 17.1 Å². The largest absolute Gasteiger partial charge is 0.508 e. The van der Waals surface area contributed by atoms with Gasteiger partial charge < -0.3 is 10.0 Å². The lowest BCUT2D eigenvalue weighted by Gasteiger charge is -2.19. The van der Waals surface area contributed by atoms with E-state index in [2.05, 4.69) is 15.3 Å². The predicted octanol–water partition coefficient (Wildman–Crippen LogP) is 3.98. The van der Waals surface area contributed by atoms with E-state index in [1.54, 1.807) is 48.6 Å². The molecule has 2 N–H and O–H groups in total. The molecule has 0 aliphatic carbocycles. The molecule has 0 atom stereocenters. The number of carbonyl (C=O) groups excluding carboxylic acids is 1. The van der Waals surface area contributed by atoms with E-state index < -0.39 is 0 Å². The first kappa shape index (κ1) is 21.6. The summed E-state index contributed by atoms with van der Waals surface area (Å²) >= 11 is 0. The van der Waals surface area contributed by atoms with Crippen LogP contribution in [0.2, 0.25) is 0 Å². The van der Waals surface area contributed by atoms with Crippen molar-refractivity contribution in [2.24, 2.45) is 0 Å². The van der Waals surface area contributed by atoms with Gasteiger partial charge in [0, 0.05) is 47.9 Å². The minimum atomic E-state index is -0.178. The predicted molar refractivity (Wildman–Crippen MR) is 129 cm³/mol. The van der Waals surface area contributed by atoms with Crippen LogP contribution in [0.5, 0.6) is 5.75 Å². The fourth-order valence-corrected chi connectivity index (χ4v) is 4.25. The number of aromatic amines is 1. The lowest BCUT2D eigenvalue weighted by Crippen LogP contribution is -2.26. The van der Waals surface area contributed by atoms with Crippen LogP contribution < -0.4 is 0 Å². The molecule has 0 radical (unpaired) electrons. The zero-order chi connectivity index (χ0) is 24.0. The number of phenolic OH excluding ortho intramolecular Hbond substituents is 1. The number of nitrogens with one attached hydrogen (secondary N) is 1. The zero-order valence-electron chi connectivity index (χ0n) is 19.5. The van der Waals surface area contributed by atoms with Crippen LogP contribution >= 0.6 is 0 Å². The number of pyridine rings is 2. The molecular weight excluding hydrogens is 430 g/mol. The number of nitrogens with zero attached hydrogens (tertiary/aromatic N) is 6. The third kappa shape index (κ3) is 3.64. The number of H-pyrrole nitrogens is 1. The molecule has 172 valence electrons. The SMILES string of the molecule is CCn1ncc(CN(C)C(=O)c2cc(-c3cc4[nH]ncc4c(C)n3)nc3ccc(O)cc23)c1C. The van der Waals surface area contributed by atoms with Crippen molar-refractivity contribution in [3.05, 3.63) is 65.2 Å². The van der Waals surface area contributed by atoms with Crippen LogP contribution in [0.1, 0.15) is 34.2 Å². The van der Waals surface area contributed by atoms with Gasteiger partial charge in [-0.05, 0) is 51.1 Å². The Bertz CT molecular complexity index is 1550. The summed E-state index contributed by atoms with van der Waals surface area (Å²) in [6.45, 7) is 7.14. The van der Waals surface area contributed by atoms with Gasteiger partial charge in [0.1, 0.15) is 5.75 Å². The Kier molecular flexibility index (Phi) is 5.24. The second-order valence-corrected chi connectivity index (χ2v) is 8.41. The van der Waals surface area contributed by atoms with Crippen molar-refractivity contribution in [3.63, 3.8) is 0 Å². The highest BCUT2D eigenvalue weighted by molar-refractivity contribution is 6.07. The summed E-state index contributed by atoms with van der Waals surface area (Å²) in [7, 11) is 1.76. The number of amides is 1. The molecule has 0 aliphatic rings. The van der Waals surface area contributed by atoms with E-state index in [-0.39, 0.29) is 11.7 Å². The van der Waals surface area contributed by atoms with E-state index in [0.29, 0.717) is 34.4 Å². The topological polar surface area (TPSA) is 113 Å². The lowest BCUT2D eigenvalue weighted by molar-refractivity contribution is 0.0787. The molecule has 4 aromatic heterocycles. The van der Waals surface area contributed by atoms with E-state index >= 15 is 0 Å². The summed E-state index contributed by atoms with van der Waals surface area (Å²) in [5.74, 6) is -0.103. The van der Waals surface area contributed by atoms with Crippen LogP contribution in [0, 0.1) is 13.8 Å². The van der Waals surface area contributed by atoms with Gasteiger partial charge in [0.05, 0.1) is 40.4 Å². The molecule has 0 aliphatic heterocycles. The number of aromatic hydroxyl groups is 1. The second-order valence-electron chi connectivity index (χ2n) is 8.41. The molecule has 0 spiro atoms. The fraction of sp³-hybridized carbons (Fsp3) is 0.240. The quantitative estimate of drug-likeness (QED) is 0.414. The summed E-state index contributed by atoms with van der Waals surface area (Å²) in [5.41, 5.74) is 5.96. The first-order valence-electron chi connectivity index (χ1n) is 11.1. The van der Waals surface area contributed by atoms with Crippen molar-refractivity contribution in [1.29, 1.82) is 0 Å². The number of aryl methyl sites for hydroxylation is 2. The summed E-state index contributed by atoms with van der Waals surface area (Å²) < 4.78 is 1.91. The van der Waals surface area contributed by atoms with Crippen molar-refractivity contribution < 1.29 is 9.90 Å². The lowest BCUT2D eigenvalue weighted by atomic mass is 10.0. The highest BCUT2D eigenvalue weighted by atomic mass is 16.3. The van der Waals surface area contributed by atoms with Gasteiger partial charge in [-0.15, -0.1) is 0 Å². The molecule has 0 fully saturated rings. The molecule has 0 saturated heterocycles. The van der Waals surface area contributed by atoms with Gasteiger partial charge in [0.25, 0.3) is 5.91 Å². The number of phenols is 1. The normalized spacial score (nSPS) is 11.4. The first-order chi connectivity index (χ1) is 16.4. The van der Waals surface area contributed by atoms with E-state index in [1.807, 2.05) is 31.5 Å². The van der Waals surface area contributed by atoms with Crippen molar-refractivity contribution in [2.75, 3.05) is 7.05 Å². The third-order valence-corrected chi connectivity index (χ3v) is 6.17. The maximum Gasteiger partial charge on any atom is 0.254 e. The Morgan fingerprint density at radius 1 is 1.09 bits per heavy atom.